The van der Waals surface area contributed by atoms with Gasteiger partial charge >= 0.3 is 0 Å². The maximum absolute atomic E-state index is 13.0. The van der Waals surface area contributed by atoms with Crippen LogP contribution in [0.1, 0.15) is 50.1 Å². The molecule has 0 bridgehead atoms. The number of aliphatic hydroxyl groups is 1. The quantitative estimate of drug-likeness (QED) is 0.804. The SMILES string of the molecule is CC(C)Cc1noc(CN(CC(O)c2ccc(F)cc2)C2CC2)n1. The van der Waals surface area contributed by atoms with E-state index in [-0.39, 0.29) is 5.82 Å². The van der Waals surface area contributed by atoms with Crippen LogP contribution >= 0.6 is 0 Å². The summed E-state index contributed by atoms with van der Waals surface area (Å²) in [4.78, 5) is 6.61. The summed E-state index contributed by atoms with van der Waals surface area (Å²) in [6.07, 6.45) is 2.36. The smallest absolute Gasteiger partial charge is 0.240 e. The molecule has 1 saturated carbocycles. The lowest BCUT2D eigenvalue weighted by Crippen LogP contribution is -2.30. The van der Waals surface area contributed by atoms with Crippen LogP contribution in [0.2, 0.25) is 0 Å². The fourth-order valence-electron chi connectivity index (χ4n) is 2.77. The van der Waals surface area contributed by atoms with Gasteiger partial charge in [-0.25, -0.2) is 4.39 Å². The highest BCUT2D eigenvalue weighted by Gasteiger charge is 2.31. The molecule has 6 heteroatoms. The van der Waals surface area contributed by atoms with E-state index in [9.17, 15) is 9.50 Å². The van der Waals surface area contributed by atoms with Crippen molar-refractivity contribution in [3.05, 3.63) is 47.4 Å². The Balaban J connectivity index is 1.62. The van der Waals surface area contributed by atoms with Gasteiger partial charge in [-0.1, -0.05) is 31.1 Å². The van der Waals surface area contributed by atoms with Gasteiger partial charge in [0.1, 0.15) is 5.82 Å². The van der Waals surface area contributed by atoms with Crippen molar-refractivity contribution in [3.8, 4) is 0 Å². The minimum absolute atomic E-state index is 0.298. The van der Waals surface area contributed by atoms with Gasteiger partial charge in [-0.05, 0) is 36.5 Å². The average molecular weight is 333 g/mol. The number of hydrogen-bond donors (Lipinski definition) is 1. The largest absolute Gasteiger partial charge is 0.387 e. The molecule has 5 nitrogen and oxygen atoms in total. The van der Waals surface area contributed by atoms with Crippen molar-refractivity contribution in [2.24, 2.45) is 5.92 Å². The summed E-state index contributed by atoms with van der Waals surface area (Å²) in [5, 5.41) is 14.4. The third kappa shape index (κ3) is 4.61. The summed E-state index contributed by atoms with van der Waals surface area (Å²) in [7, 11) is 0. The number of hydrogen-bond acceptors (Lipinski definition) is 5. The second kappa shape index (κ2) is 7.40. The Kier molecular flexibility index (Phi) is 5.26. The van der Waals surface area contributed by atoms with Gasteiger partial charge in [0.05, 0.1) is 12.6 Å². The van der Waals surface area contributed by atoms with Crippen molar-refractivity contribution in [3.63, 3.8) is 0 Å². The van der Waals surface area contributed by atoms with Crippen LogP contribution in [0.3, 0.4) is 0 Å². The van der Waals surface area contributed by atoms with Crippen LogP contribution in [-0.4, -0.2) is 32.7 Å². The van der Waals surface area contributed by atoms with Crippen molar-refractivity contribution in [1.29, 1.82) is 0 Å². The van der Waals surface area contributed by atoms with Gasteiger partial charge in [0.2, 0.25) is 5.89 Å². The lowest BCUT2D eigenvalue weighted by Gasteiger charge is -2.23. The second-order valence-electron chi connectivity index (χ2n) is 6.93. The molecule has 2 aromatic rings. The molecule has 1 N–H and O–H groups in total. The van der Waals surface area contributed by atoms with Crippen LogP contribution < -0.4 is 0 Å². The maximum Gasteiger partial charge on any atom is 0.240 e. The van der Waals surface area contributed by atoms with Gasteiger partial charge in [0.25, 0.3) is 0 Å². The summed E-state index contributed by atoms with van der Waals surface area (Å²) in [5.74, 6) is 1.50. The zero-order valence-electron chi connectivity index (χ0n) is 14.2. The van der Waals surface area contributed by atoms with Crippen molar-refractivity contribution < 1.29 is 14.0 Å². The molecule has 130 valence electrons. The average Bonchev–Trinajstić information content (AvgIpc) is 3.29. The molecule has 1 fully saturated rings. The molecule has 1 atom stereocenters. The standard InChI is InChI=1S/C18H24FN3O2/c1-12(2)9-17-20-18(24-21-17)11-22(15-7-8-15)10-16(23)13-3-5-14(19)6-4-13/h3-6,12,15-16,23H,7-11H2,1-2H3. The van der Waals surface area contributed by atoms with E-state index in [1.165, 1.54) is 12.1 Å². The molecular formula is C18H24FN3O2. The number of halogens is 1. The van der Waals surface area contributed by atoms with Crippen LogP contribution in [0.5, 0.6) is 0 Å². The normalized spacial score (nSPS) is 16.1. The Hall–Kier alpha value is -1.79. The van der Waals surface area contributed by atoms with E-state index in [0.29, 0.717) is 36.5 Å². The summed E-state index contributed by atoms with van der Waals surface area (Å²) in [5.41, 5.74) is 0.716. The molecule has 0 saturated heterocycles. The van der Waals surface area contributed by atoms with Gasteiger partial charge in [-0.15, -0.1) is 0 Å². The van der Waals surface area contributed by atoms with Crippen LogP contribution in [0.4, 0.5) is 4.39 Å². The first-order valence-corrected chi connectivity index (χ1v) is 8.50. The zero-order valence-corrected chi connectivity index (χ0v) is 14.2. The third-order valence-electron chi connectivity index (χ3n) is 4.16. The van der Waals surface area contributed by atoms with Gasteiger partial charge in [-0.2, -0.15) is 4.98 Å². The van der Waals surface area contributed by atoms with E-state index in [1.807, 2.05) is 0 Å². The van der Waals surface area contributed by atoms with Crippen LogP contribution in [-0.2, 0) is 13.0 Å². The van der Waals surface area contributed by atoms with E-state index < -0.39 is 6.10 Å². The topological polar surface area (TPSA) is 62.4 Å². The summed E-state index contributed by atoms with van der Waals surface area (Å²) >= 11 is 0. The fraction of sp³-hybridized carbons (Fsp3) is 0.556. The number of aromatic nitrogens is 2. The predicted molar refractivity (Wildman–Crippen MR) is 87.6 cm³/mol. The van der Waals surface area contributed by atoms with Gasteiger partial charge in [-0.3, -0.25) is 4.90 Å². The van der Waals surface area contributed by atoms with Gasteiger partial charge < -0.3 is 9.63 Å². The molecule has 1 aromatic heterocycles. The van der Waals surface area contributed by atoms with Crippen molar-refractivity contribution in [2.45, 2.75) is 51.8 Å². The van der Waals surface area contributed by atoms with Crippen molar-refractivity contribution in [2.75, 3.05) is 6.54 Å². The van der Waals surface area contributed by atoms with Crippen molar-refractivity contribution in [1.82, 2.24) is 15.0 Å². The minimum atomic E-state index is -0.663. The minimum Gasteiger partial charge on any atom is -0.387 e. The van der Waals surface area contributed by atoms with Crippen LogP contribution in [0.15, 0.2) is 28.8 Å². The van der Waals surface area contributed by atoms with Gasteiger partial charge in [0.15, 0.2) is 5.82 Å². The number of aliphatic hydroxyl groups excluding tert-OH is 1. The van der Waals surface area contributed by atoms with E-state index in [0.717, 1.165) is 25.1 Å². The Labute approximate surface area is 141 Å². The first-order chi connectivity index (χ1) is 11.5. The first kappa shape index (κ1) is 17.0. The highest BCUT2D eigenvalue weighted by molar-refractivity contribution is 5.19. The van der Waals surface area contributed by atoms with Crippen LogP contribution in [0.25, 0.3) is 0 Å². The van der Waals surface area contributed by atoms with E-state index in [4.69, 9.17) is 4.52 Å². The lowest BCUT2D eigenvalue weighted by atomic mass is 10.1. The maximum atomic E-state index is 13.0. The molecule has 3 rings (SSSR count). The predicted octanol–water partition coefficient (Wildman–Crippen LogP) is 3.11. The lowest BCUT2D eigenvalue weighted by molar-refractivity contribution is 0.0972. The molecule has 0 aliphatic heterocycles. The molecule has 1 heterocycles. The molecule has 1 unspecified atom stereocenters. The summed E-state index contributed by atoms with van der Waals surface area (Å²) in [6.45, 7) is 5.24. The number of benzene rings is 1. The summed E-state index contributed by atoms with van der Waals surface area (Å²) in [6, 6.07) is 6.43. The molecule has 0 radical (unpaired) electrons. The monoisotopic (exact) mass is 333 g/mol. The van der Waals surface area contributed by atoms with E-state index in [1.54, 1.807) is 12.1 Å². The van der Waals surface area contributed by atoms with E-state index in [2.05, 4.69) is 28.9 Å². The Morgan fingerprint density at radius 1 is 1.29 bits per heavy atom. The highest BCUT2D eigenvalue weighted by Crippen LogP contribution is 2.30. The highest BCUT2D eigenvalue weighted by atomic mass is 19.1. The summed E-state index contributed by atoms with van der Waals surface area (Å²) < 4.78 is 18.4. The zero-order chi connectivity index (χ0) is 17.1. The van der Waals surface area contributed by atoms with Crippen LogP contribution in [0, 0.1) is 11.7 Å². The van der Waals surface area contributed by atoms with E-state index >= 15 is 0 Å². The van der Waals surface area contributed by atoms with Gasteiger partial charge in [0, 0.05) is 19.0 Å². The number of nitrogens with zero attached hydrogens (tertiary/aromatic N) is 3. The molecule has 0 spiro atoms. The Morgan fingerprint density at radius 2 is 2.00 bits per heavy atom. The molecule has 1 aliphatic rings. The molecular weight excluding hydrogens is 309 g/mol. The Bertz CT molecular complexity index is 653. The Morgan fingerprint density at radius 3 is 2.62 bits per heavy atom. The van der Waals surface area contributed by atoms with Crippen molar-refractivity contribution >= 4 is 0 Å². The third-order valence-corrected chi connectivity index (χ3v) is 4.16. The fourth-order valence-corrected chi connectivity index (χ4v) is 2.77. The second-order valence-corrected chi connectivity index (χ2v) is 6.93. The number of rotatable bonds is 8. The molecule has 1 aromatic carbocycles. The first-order valence-electron chi connectivity index (χ1n) is 8.50. The molecule has 24 heavy (non-hydrogen) atoms. The molecule has 1 aliphatic carbocycles. The molecule has 0 amide bonds.